The van der Waals surface area contributed by atoms with Crippen LogP contribution in [-0.4, -0.2) is 29.4 Å². The van der Waals surface area contributed by atoms with Crippen molar-refractivity contribution in [2.24, 2.45) is 11.7 Å². The predicted octanol–water partition coefficient (Wildman–Crippen LogP) is 4.62. The predicted molar refractivity (Wildman–Crippen MR) is 116 cm³/mol. The van der Waals surface area contributed by atoms with E-state index in [0.29, 0.717) is 25.1 Å². The van der Waals surface area contributed by atoms with Crippen LogP contribution in [0.15, 0.2) is 36.4 Å². The van der Waals surface area contributed by atoms with Crippen LogP contribution in [0.25, 0.3) is 0 Å². The van der Waals surface area contributed by atoms with Crippen molar-refractivity contribution >= 4 is 11.6 Å². The van der Waals surface area contributed by atoms with Crippen LogP contribution in [0.1, 0.15) is 44.2 Å². The van der Waals surface area contributed by atoms with Crippen molar-refractivity contribution in [3.63, 3.8) is 0 Å². The monoisotopic (exact) mass is 433 g/mol. The van der Waals surface area contributed by atoms with Gasteiger partial charge < -0.3 is 16.0 Å². The van der Waals surface area contributed by atoms with E-state index in [-0.39, 0.29) is 30.4 Å². The second-order valence-corrected chi connectivity index (χ2v) is 8.71. The number of nitrogens with two attached hydrogens (primary N) is 1. The number of para-hydroxylation sites is 1. The van der Waals surface area contributed by atoms with Crippen molar-refractivity contribution in [2.75, 3.05) is 11.9 Å². The third-order valence-corrected chi connectivity index (χ3v) is 5.73. The Hall–Kier alpha value is -2.54. The van der Waals surface area contributed by atoms with Gasteiger partial charge in [0, 0.05) is 43.3 Å². The van der Waals surface area contributed by atoms with Crippen LogP contribution in [0, 0.1) is 23.4 Å². The van der Waals surface area contributed by atoms with Crippen LogP contribution in [0.4, 0.5) is 18.9 Å². The molecule has 0 fully saturated rings. The van der Waals surface area contributed by atoms with Gasteiger partial charge in [0.15, 0.2) is 11.6 Å². The Morgan fingerprint density at radius 1 is 1.16 bits per heavy atom. The van der Waals surface area contributed by atoms with Crippen molar-refractivity contribution in [2.45, 2.75) is 58.2 Å². The first-order chi connectivity index (χ1) is 14.7. The summed E-state index contributed by atoms with van der Waals surface area (Å²) in [6.45, 7) is 5.41. The highest BCUT2D eigenvalue weighted by atomic mass is 19.2. The average molecular weight is 434 g/mol. The maximum absolute atomic E-state index is 14.0. The van der Waals surface area contributed by atoms with Gasteiger partial charge in [-0.15, -0.1) is 0 Å². The van der Waals surface area contributed by atoms with E-state index in [9.17, 15) is 18.0 Å². The third-order valence-electron chi connectivity index (χ3n) is 5.73. The number of amides is 1. The molecule has 4 nitrogen and oxygen atoms in total. The Balaban J connectivity index is 1.73. The molecular formula is C24H30F3N3O. The summed E-state index contributed by atoms with van der Waals surface area (Å²) in [4.78, 5) is 15.1. The molecule has 1 amide bonds. The second-order valence-electron chi connectivity index (χ2n) is 8.71. The van der Waals surface area contributed by atoms with Gasteiger partial charge in [0.25, 0.3) is 0 Å². The van der Waals surface area contributed by atoms with E-state index >= 15 is 0 Å². The molecule has 0 bridgehead atoms. The van der Waals surface area contributed by atoms with Crippen molar-refractivity contribution < 1.29 is 18.0 Å². The van der Waals surface area contributed by atoms with E-state index in [1.807, 2.05) is 29.2 Å². The van der Waals surface area contributed by atoms with E-state index in [1.54, 1.807) is 0 Å². The summed E-state index contributed by atoms with van der Waals surface area (Å²) >= 11 is 0. The van der Waals surface area contributed by atoms with Gasteiger partial charge in [-0.3, -0.25) is 4.79 Å². The highest BCUT2D eigenvalue weighted by Gasteiger charge is 2.28. The molecule has 1 aliphatic heterocycles. The summed E-state index contributed by atoms with van der Waals surface area (Å²) in [6, 6.07) is 8.52. The van der Waals surface area contributed by atoms with E-state index in [0.717, 1.165) is 30.2 Å². The molecule has 2 aromatic carbocycles. The SMILES string of the molecule is CC(C)CCC1CNc2ccccc2CN1C(=O)CC(N)Cc1cc(F)c(F)cc1F. The number of rotatable bonds is 7. The van der Waals surface area contributed by atoms with Crippen LogP contribution < -0.4 is 11.1 Å². The zero-order valence-electron chi connectivity index (χ0n) is 18.0. The fraction of sp³-hybridized carbons (Fsp3) is 0.458. The second kappa shape index (κ2) is 10.2. The van der Waals surface area contributed by atoms with Gasteiger partial charge in [0.05, 0.1) is 0 Å². The van der Waals surface area contributed by atoms with Crippen molar-refractivity contribution in [3.8, 4) is 0 Å². The summed E-state index contributed by atoms with van der Waals surface area (Å²) < 4.78 is 40.6. The number of halogens is 3. The van der Waals surface area contributed by atoms with E-state index < -0.39 is 23.5 Å². The van der Waals surface area contributed by atoms with Crippen LogP contribution in [-0.2, 0) is 17.8 Å². The lowest BCUT2D eigenvalue weighted by Crippen LogP contribution is -2.44. The average Bonchev–Trinajstić information content (AvgIpc) is 2.90. The number of hydrogen-bond donors (Lipinski definition) is 2. The molecule has 0 saturated carbocycles. The minimum atomic E-state index is -1.24. The molecule has 31 heavy (non-hydrogen) atoms. The Bertz CT molecular complexity index is 919. The molecule has 2 aromatic rings. The maximum atomic E-state index is 14.0. The third kappa shape index (κ3) is 6.00. The van der Waals surface area contributed by atoms with E-state index in [1.165, 1.54) is 0 Å². The Morgan fingerprint density at radius 3 is 2.61 bits per heavy atom. The molecule has 7 heteroatoms. The molecule has 0 spiro atoms. The first-order valence-electron chi connectivity index (χ1n) is 10.7. The summed E-state index contributed by atoms with van der Waals surface area (Å²) in [6.07, 6.45) is 1.79. The van der Waals surface area contributed by atoms with Crippen LogP contribution in [0.5, 0.6) is 0 Å². The molecule has 0 saturated heterocycles. The smallest absolute Gasteiger partial charge is 0.224 e. The number of carbonyl (C=O) groups is 1. The van der Waals surface area contributed by atoms with Gasteiger partial charge in [0.2, 0.25) is 5.91 Å². The molecule has 3 N–H and O–H groups in total. The minimum Gasteiger partial charge on any atom is -0.383 e. The molecule has 1 heterocycles. The summed E-state index contributed by atoms with van der Waals surface area (Å²) in [5.41, 5.74) is 8.14. The van der Waals surface area contributed by atoms with Gasteiger partial charge in [-0.05, 0) is 48.4 Å². The molecule has 3 rings (SSSR count). The zero-order chi connectivity index (χ0) is 22.5. The molecule has 0 radical (unpaired) electrons. The van der Waals surface area contributed by atoms with Crippen molar-refractivity contribution in [1.82, 2.24) is 4.90 Å². The number of benzene rings is 2. The van der Waals surface area contributed by atoms with Crippen molar-refractivity contribution in [3.05, 3.63) is 65.0 Å². The van der Waals surface area contributed by atoms with E-state index in [2.05, 4.69) is 19.2 Å². The molecule has 0 aliphatic carbocycles. The normalized spacial score (nSPS) is 17.1. The molecule has 2 atom stereocenters. The molecule has 0 aromatic heterocycles. The van der Waals surface area contributed by atoms with Crippen molar-refractivity contribution in [1.29, 1.82) is 0 Å². The number of anilines is 1. The van der Waals surface area contributed by atoms with Crippen LogP contribution in [0.3, 0.4) is 0 Å². The highest BCUT2D eigenvalue weighted by molar-refractivity contribution is 5.78. The molecule has 168 valence electrons. The topological polar surface area (TPSA) is 58.4 Å². The lowest BCUT2D eigenvalue weighted by atomic mass is 9.99. The standard InChI is InChI=1S/C24H30F3N3O/c1-15(2)7-8-19-13-29-23-6-4-3-5-16(23)14-30(19)24(31)11-18(28)9-17-10-21(26)22(27)12-20(17)25/h3-6,10,12,15,18-19,29H,7-9,11,13-14,28H2,1-2H3. The van der Waals surface area contributed by atoms with Gasteiger partial charge >= 0.3 is 0 Å². The number of nitrogens with one attached hydrogen (secondary N) is 1. The Kier molecular flexibility index (Phi) is 7.59. The first kappa shape index (κ1) is 23.1. The minimum absolute atomic E-state index is 0.00121. The molecule has 1 aliphatic rings. The first-order valence-corrected chi connectivity index (χ1v) is 10.7. The molecular weight excluding hydrogens is 403 g/mol. The fourth-order valence-corrected chi connectivity index (χ4v) is 3.97. The fourth-order valence-electron chi connectivity index (χ4n) is 3.97. The summed E-state index contributed by atoms with van der Waals surface area (Å²) in [5, 5.41) is 3.44. The Labute approximate surface area is 181 Å². The molecule has 2 unspecified atom stereocenters. The summed E-state index contributed by atoms with van der Waals surface area (Å²) in [7, 11) is 0. The largest absolute Gasteiger partial charge is 0.383 e. The number of hydrogen-bond acceptors (Lipinski definition) is 3. The summed E-state index contributed by atoms with van der Waals surface area (Å²) in [5.74, 6) is -2.83. The van der Waals surface area contributed by atoms with Gasteiger partial charge in [-0.25, -0.2) is 13.2 Å². The quantitative estimate of drug-likeness (QED) is 0.627. The maximum Gasteiger partial charge on any atom is 0.224 e. The lowest BCUT2D eigenvalue weighted by Gasteiger charge is -2.31. The van der Waals surface area contributed by atoms with Crippen LogP contribution >= 0.6 is 0 Å². The van der Waals surface area contributed by atoms with Gasteiger partial charge in [0.1, 0.15) is 5.82 Å². The van der Waals surface area contributed by atoms with Gasteiger partial charge in [-0.1, -0.05) is 32.0 Å². The van der Waals surface area contributed by atoms with Crippen LogP contribution in [0.2, 0.25) is 0 Å². The lowest BCUT2D eigenvalue weighted by molar-refractivity contribution is -0.134. The zero-order valence-corrected chi connectivity index (χ0v) is 18.0. The number of nitrogens with zero attached hydrogens (tertiary/aromatic N) is 1. The van der Waals surface area contributed by atoms with E-state index in [4.69, 9.17) is 5.73 Å². The highest BCUT2D eigenvalue weighted by Crippen LogP contribution is 2.26. The number of carbonyl (C=O) groups excluding carboxylic acids is 1. The van der Waals surface area contributed by atoms with Gasteiger partial charge in [-0.2, -0.15) is 0 Å². The Morgan fingerprint density at radius 2 is 1.87 bits per heavy atom. The number of fused-ring (bicyclic) bond motifs is 1.